The minimum Gasteiger partial charge on any atom is -0.477 e. The van der Waals surface area contributed by atoms with Gasteiger partial charge >= 0.3 is 5.97 Å². The average Bonchev–Trinajstić information content (AvgIpc) is 2.81. The molecule has 3 nitrogen and oxygen atoms in total. The molecule has 1 aliphatic carbocycles. The molecule has 1 aromatic heterocycles. The van der Waals surface area contributed by atoms with Gasteiger partial charge in [0.05, 0.1) is 10.7 Å². The van der Waals surface area contributed by atoms with Crippen LogP contribution in [0.4, 0.5) is 8.78 Å². The molecular formula is C13H17F2NO2S. The van der Waals surface area contributed by atoms with Gasteiger partial charge in [0, 0.05) is 18.8 Å². The molecule has 106 valence electrons. The van der Waals surface area contributed by atoms with Crippen LogP contribution in [0.3, 0.4) is 0 Å². The second-order valence-electron chi connectivity index (χ2n) is 5.53. The Balaban J connectivity index is 2.25. The van der Waals surface area contributed by atoms with Gasteiger partial charge in [-0.2, -0.15) is 0 Å². The molecule has 19 heavy (non-hydrogen) atoms. The fraction of sp³-hybridized carbons (Fsp3) is 0.692. The third-order valence-corrected chi connectivity index (χ3v) is 4.51. The first kappa shape index (κ1) is 14.4. The molecule has 2 rings (SSSR count). The van der Waals surface area contributed by atoms with Gasteiger partial charge in [-0.3, -0.25) is 0 Å². The number of halogens is 2. The molecule has 1 N–H and O–H groups in total. The molecule has 1 fully saturated rings. The van der Waals surface area contributed by atoms with Crippen molar-refractivity contribution in [3.05, 3.63) is 15.6 Å². The summed E-state index contributed by atoms with van der Waals surface area (Å²) in [5, 5.41) is 9.72. The summed E-state index contributed by atoms with van der Waals surface area (Å²) in [6.07, 6.45) is 0.627. The maximum absolute atomic E-state index is 13.2. The third-order valence-electron chi connectivity index (χ3n) is 3.26. The van der Waals surface area contributed by atoms with Gasteiger partial charge in [0.15, 0.2) is 0 Å². The molecule has 1 unspecified atom stereocenters. The van der Waals surface area contributed by atoms with Crippen molar-refractivity contribution in [1.82, 2.24) is 4.98 Å². The average molecular weight is 289 g/mol. The smallest absolute Gasteiger partial charge is 0.347 e. The van der Waals surface area contributed by atoms with Gasteiger partial charge in [0.1, 0.15) is 4.88 Å². The number of rotatable bonds is 4. The lowest BCUT2D eigenvalue weighted by molar-refractivity contribution is 0.00774. The number of alkyl halides is 2. The summed E-state index contributed by atoms with van der Waals surface area (Å²) >= 11 is 1.06. The van der Waals surface area contributed by atoms with Crippen LogP contribution in [0.1, 0.15) is 59.4 Å². The van der Waals surface area contributed by atoms with Crippen LogP contribution in [0.5, 0.6) is 0 Å². The highest BCUT2D eigenvalue weighted by Gasteiger charge is 2.41. The summed E-state index contributed by atoms with van der Waals surface area (Å²) in [7, 11) is 0. The molecule has 1 saturated carbocycles. The standard InChI is InChI=1S/C13H17F2NO2S/c1-7(2)5-9-10(12(17)18)19-11(16-9)8-3-4-13(14,15)6-8/h7-8H,3-6H2,1-2H3,(H,17,18). The first-order chi connectivity index (χ1) is 8.78. The van der Waals surface area contributed by atoms with Crippen LogP contribution in [0.15, 0.2) is 0 Å². The first-order valence-corrected chi connectivity index (χ1v) is 7.21. The van der Waals surface area contributed by atoms with Gasteiger partial charge in [-0.1, -0.05) is 13.8 Å². The lowest BCUT2D eigenvalue weighted by Crippen LogP contribution is -2.09. The van der Waals surface area contributed by atoms with Crippen LogP contribution < -0.4 is 0 Å². The van der Waals surface area contributed by atoms with Crippen molar-refractivity contribution in [2.75, 3.05) is 0 Å². The number of aromatic nitrogens is 1. The Morgan fingerprint density at radius 2 is 2.26 bits per heavy atom. The Labute approximate surface area is 114 Å². The van der Waals surface area contributed by atoms with Gasteiger partial charge < -0.3 is 5.11 Å². The summed E-state index contributed by atoms with van der Waals surface area (Å²) < 4.78 is 26.4. The van der Waals surface area contributed by atoms with E-state index in [1.165, 1.54) is 0 Å². The molecule has 0 spiro atoms. The maximum Gasteiger partial charge on any atom is 0.347 e. The molecule has 0 radical (unpaired) electrons. The molecule has 0 aliphatic heterocycles. The van der Waals surface area contributed by atoms with Crippen LogP contribution in [-0.4, -0.2) is 22.0 Å². The van der Waals surface area contributed by atoms with Crippen LogP contribution in [0.2, 0.25) is 0 Å². The zero-order chi connectivity index (χ0) is 14.2. The van der Waals surface area contributed by atoms with Crippen molar-refractivity contribution in [2.45, 2.75) is 51.4 Å². The second kappa shape index (κ2) is 5.15. The normalized spacial score (nSPS) is 22.1. The molecule has 1 aliphatic rings. The van der Waals surface area contributed by atoms with Gasteiger partial charge in [-0.25, -0.2) is 18.6 Å². The number of aromatic carboxylic acids is 1. The van der Waals surface area contributed by atoms with Crippen molar-refractivity contribution < 1.29 is 18.7 Å². The maximum atomic E-state index is 13.2. The van der Waals surface area contributed by atoms with Gasteiger partial charge in [-0.15, -0.1) is 11.3 Å². The third kappa shape index (κ3) is 3.29. The summed E-state index contributed by atoms with van der Waals surface area (Å²) in [4.78, 5) is 15.7. The summed E-state index contributed by atoms with van der Waals surface area (Å²) in [6, 6.07) is 0. The van der Waals surface area contributed by atoms with E-state index in [9.17, 15) is 13.6 Å². The zero-order valence-corrected chi connectivity index (χ0v) is 11.8. The van der Waals surface area contributed by atoms with E-state index in [1.54, 1.807) is 0 Å². The number of thiazole rings is 1. The quantitative estimate of drug-likeness (QED) is 0.913. The van der Waals surface area contributed by atoms with Crippen molar-refractivity contribution in [3.63, 3.8) is 0 Å². The van der Waals surface area contributed by atoms with E-state index in [-0.39, 0.29) is 29.6 Å². The summed E-state index contributed by atoms with van der Waals surface area (Å²) in [5.41, 5.74) is 0.540. The predicted molar refractivity (Wildman–Crippen MR) is 69.2 cm³/mol. The molecule has 0 saturated heterocycles. The molecule has 1 heterocycles. The van der Waals surface area contributed by atoms with E-state index >= 15 is 0 Å². The molecular weight excluding hydrogens is 272 g/mol. The Bertz CT molecular complexity index is 485. The lowest BCUT2D eigenvalue weighted by Gasteiger charge is -2.07. The van der Waals surface area contributed by atoms with Crippen LogP contribution >= 0.6 is 11.3 Å². The fourth-order valence-electron chi connectivity index (χ4n) is 2.40. The Morgan fingerprint density at radius 3 is 2.74 bits per heavy atom. The van der Waals surface area contributed by atoms with E-state index < -0.39 is 11.9 Å². The van der Waals surface area contributed by atoms with E-state index in [2.05, 4.69) is 4.98 Å². The monoisotopic (exact) mass is 289 g/mol. The highest BCUT2D eigenvalue weighted by Crippen LogP contribution is 2.45. The molecule has 0 aromatic carbocycles. The number of carboxylic acid groups (broad SMARTS) is 1. The first-order valence-electron chi connectivity index (χ1n) is 6.39. The number of nitrogens with zero attached hydrogens (tertiary/aromatic N) is 1. The molecule has 0 amide bonds. The SMILES string of the molecule is CC(C)Cc1nc(C2CCC(F)(F)C2)sc1C(=O)O. The Hall–Kier alpha value is -1.04. The van der Waals surface area contributed by atoms with Gasteiger partial charge in [-0.05, 0) is 18.8 Å². The molecule has 1 aromatic rings. The second-order valence-corrected chi connectivity index (χ2v) is 6.56. The van der Waals surface area contributed by atoms with Crippen molar-refractivity contribution in [2.24, 2.45) is 5.92 Å². The van der Waals surface area contributed by atoms with E-state index in [1.807, 2.05) is 13.8 Å². The predicted octanol–water partition coefficient (Wildman–Crippen LogP) is 3.94. The van der Waals surface area contributed by atoms with Crippen molar-refractivity contribution >= 4 is 17.3 Å². The summed E-state index contributed by atoms with van der Waals surface area (Å²) in [5.74, 6) is -3.64. The number of carbonyl (C=O) groups is 1. The zero-order valence-electron chi connectivity index (χ0n) is 10.9. The number of hydrogen-bond donors (Lipinski definition) is 1. The molecule has 6 heteroatoms. The van der Waals surface area contributed by atoms with E-state index in [4.69, 9.17) is 5.11 Å². The van der Waals surface area contributed by atoms with Gasteiger partial charge in [0.2, 0.25) is 5.92 Å². The van der Waals surface area contributed by atoms with Crippen molar-refractivity contribution in [1.29, 1.82) is 0 Å². The number of carboxylic acids is 1. The highest BCUT2D eigenvalue weighted by atomic mass is 32.1. The van der Waals surface area contributed by atoms with E-state index in [0.717, 1.165) is 11.3 Å². The largest absolute Gasteiger partial charge is 0.477 e. The lowest BCUT2D eigenvalue weighted by atomic mass is 10.1. The van der Waals surface area contributed by atoms with Gasteiger partial charge in [0.25, 0.3) is 0 Å². The van der Waals surface area contributed by atoms with Crippen LogP contribution in [0.25, 0.3) is 0 Å². The molecule has 0 bridgehead atoms. The van der Waals surface area contributed by atoms with Crippen LogP contribution in [0, 0.1) is 5.92 Å². The number of hydrogen-bond acceptors (Lipinski definition) is 3. The van der Waals surface area contributed by atoms with E-state index in [0.29, 0.717) is 23.5 Å². The Kier molecular flexibility index (Phi) is 3.90. The topological polar surface area (TPSA) is 50.2 Å². The Morgan fingerprint density at radius 1 is 1.58 bits per heavy atom. The minimum atomic E-state index is -2.63. The summed E-state index contributed by atoms with van der Waals surface area (Å²) in [6.45, 7) is 3.96. The molecule has 1 atom stereocenters. The minimum absolute atomic E-state index is 0.126. The van der Waals surface area contributed by atoms with Crippen LogP contribution in [-0.2, 0) is 6.42 Å². The highest BCUT2D eigenvalue weighted by molar-refractivity contribution is 7.13. The fourth-order valence-corrected chi connectivity index (χ4v) is 3.46. The van der Waals surface area contributed by atoms with Crippen molar-refractivity contribution in [3.8, 4) is 0 Å².